The lowest BCUT2D eigenvalue weighted by Gasteiger charge is -2.24. The monoisotopic (exact) mass is 281 g/mol. The van der Waals surface area contributed by atoms with Crippen molar-refractivity contribution in [2.45, 2.75) is 39.5 Å². The van der Waals surface area contributed by atoms with Crippen LogP contribution < -0.4 is 5.73 Å². The lowest BCUT2D eigenvalue weighted by Crippen LogP contribution is -2.24. The Morgan fingerprint density at radius 2 is 1.90 bits per heavy atom. The summed E-state index contributed by atoms with van der Waals surface area (Å²) in [7, 11) is 0. The third kappa shape index (κ3) is 3.13. The summed E-state index contributed by atoms with van der Waals surface area (Å²) < 4.78 is 0. The largest absolute Gasteiger partial charge is 0.330 e. The molecule has 0 amide bonds. The van der Waals surface area contributed by atoms with Crippen molar-refractivity contribution in [2.24, 2.45) is 11.7 Å². The second-order valence-corrected chi connectivity index (χ2v) is 6.16. The van der Waals surface area contributed by atoms with Gasteiger partial charge in [0.2, 0.25) is 0 Å². The standard InChI is InChI=1S/C18H23N3/c1-12-3-5-14(6-4-12)10-18-20-13(2)16-9-15(11-19)7-8-17(16)21-18/h3-6,15H,7-11,19H2,1-2H3. The Kier molecular flexibility index (Phi) is 4.02. The van der Waals surface area contributed by atoms with Gasteiger partial charge >= 0.3 is 0 Å². The van der Waals surface area contributed by atoms with Crippen LogP contribution in [0.3, 0.4) is 0 Å². The fraction of sp³-hybridized carbons (Fsp3) is 0.444. The molecule has 3 rings (SSSR count). The van der Waals surface area contributed by atoms with Crippen molar-refractivity contribution in [3.05, 3.63) is 58.2 Å². The smallest absolute Gasteiger partial charge is 0.133 e. The molecular weight excluding hydrogens is 258 g/mol. The first kappa shape index (κ1) is 14.2. The van der Waals surface area contributed by atoms with Gasteiger partial charge in [0.15, 0.2) is 0 Å². The molecule has 21 heavy (non-hydrogen) atoms. The van der Waals surface area contributed by atoms with Gasteiger partial charge in [0.05, 0.1) is 0 Å². The molecule has 0 radical (unpaired) electrons. The van der Waals surface area contributed by atoms with Crippen LogP contribution in [0.5, 0.6) is 0 Å². The van der Waals surface area contributed by atoms with Crippen molar-refractivity contribution in [2.75, 3.05) is 6.54 Å². The van der Waals surface area contributed by atoms with Gasteiger partial charge < -0.3 is 5.73 Å². The van der Waals surface area contributed by atoms with Crippen LogP contribution in [0, 0.1) is 19.8 Å². The second kappa shape index (κ2) is 5.94. The number of rotatable bonds is 3. The van der Waals surface area contributed by atoms with Gasteiger partial charge in [0, 0.05) is 17.8 Å². The van der Waals surface area contributed by atoms with E-state index in [1.807, 2.05) is 0 Å². The average molecular weight is 281 g/mol. The topological polar surface area (TPSA) is 51.8 Å². The maximum atomic E-state index is 5.81. The van der Waals surface area contributed by atoms with Gasteiger partial charge in [0.25, 0.3) is 0 Å². The van der Waals surface area contributed by atoms with Crippen LogP contribution >= 0.6 is 0 Å². The van der Waals surface area contributed by atoms with E-state index in [2.05, 4.69) is 38.1 Å². The number of fused-ring (bicyclic) bond motifs is 1. The van der Waals surface area contributed by atoms with Gasteiger partial charge in [-0.1, -0.05) is 29.8 Å². The Bertz CT molecular complexity index is 632. The number of hydrogen-bond acceptors (Lipinski definition) is 3. The van der Waals surface area contributed by atoms with Crippen LogP contribution in [0.15, 0.2) is 24.3 Å². The number of nitrogens with two attached hydrogens (primary N) is 1. The normalized spacial score (nSPS) is 17.6. The first-order valence-corrected chi connectivity index (χ1v) is 7.76. The van der Waals surface area contributed by atoms with Crippen molar-refractivity contribution in [1.82, 2.24) is 9.97 Å². The van der Waals surface area contributed by atoms with Crippen molar-refractivity contribution >= 4 is 0 Å². The van der Waals surface area contributed by atoms with E-state index >= 15 is 0 Å². The molecule has 0 spiro atoms. The minimum absolute atomic E-state index is 0.600. The van der Waals surface area contributed by atoms with Gasteiger partial charge in [-0.25, -0.2) is 9.97 Å². The first-order valence-electron chi connectivity index (χ1n) is 7.76. The molecule has 0 bridgehead atoms. The highest BCUT2D eigenvalue weighted by Crippen LogP contribution is 2.26. The van der Waals surface area contributed by atoms with Gasteiger partial charge in [-0.05, 0) is 56.7 Å². The molecule has 3 nitrogen and oxygen atoms in total. The third-order valence-electron chi connectivity index (χ3n) is 4.44. The fourth-order valence-corrected chi connectivity index (χ4v) is 3.09. The highest BCUT2D eigenvalue weighted by atomic mass is 14.9. The van der Waals surface area contributed by atoms with Crippen LogP contribution in [0.25, 0.3) is 0 Å². The number of aryl methyl sites for hydroxylation is 3. The van der Waals surface area contributed by atoms with Crippen molar-refractivity contribution in [3.8, 4) is 0 Å². The van der Waals surface area contributed by atoms with Gasteiger partial charge in [0.1, 0.15) is 5.82 Å². The van der Waals surface area contributed by atoms with Crippen LogP contribution in [0.4, 0.5) is 0 Å². The number of benzene rings is 1. The summed E-state index contributed by atoms with van der Waals surface area (Å²) in [5, 5.41) is 0. The molecule has 3 heteroatoms. The molecular formula is C18H23N3. The van der Waals surface area contributed by atoms with E-state index in [9.17, 15) is 0 Å². The summed E-state index contributed by atoms with van der Waals surface area (Å²) in [6.07, 6.45) is 4.06. The molecule has 1 aromatic carbocycles. The summed E-state index contributed by atoms with van der Waals surface area (Å²) in [4.78, 5) is 9.53. The summed E-state index contributed by atoms with van der Waals surface area (Å²) in [6, 6.07) is 8.62. The Hall–Kier alpha value is -1.74. The lowest BCUT2D eigenvalue weighted by molar-refractivity contribution is 0.458. The Morgan fingerprint density at radius 3 is 2.62 bits per heavy atom. The Labute approximate surface area is 126 Å². The van der Waals surface area contributed by atoms with Gasteiger partial charge in [-0.2, -0.15) is 0 Å². The summed E-state index contributed by atoms with van der Waals surface area (Å²) in [6.45, 7) is 4.99. The molecule has 1 aliphatic carbocycles. The van der Waals surface area contributed by atoms with Crippen LogP contribution in [-0.2, 0) is 19.3 Å². The second-order valence-electron chi connectivity index (χ2n) is 6.16. The molecule has 1 atom stereocenters. The van der Waals surface area contributed by atoms with Crippen molar-refractivity contribution in [1.29, 1.82) is 0 Å². The van der Waals surface area contributed by atoms with Crippen LogP contribution in [-0.4, -0.2) is 16.5 Å². The van der Waals surface area contributed by atoms with E-state index in [0.29, 0.717) is 5.92 Å². The van der Waals surface area contributed by atoms with E-state index in [-0.39, 0.29) is 0 Å². The molecule has 1 aromatic heterocycles. The van der Waals surface area contributed by atoms with E-state index in [0.717, 1.165) is 43.7 Å². The zero-order valence-corrected chi connectivity index (χ0v) is 12.9. The molecule has 1 heterocycles. The number of aromatic nitrogens is 2. The predicted molar refractivity (Wildman–Crippen MR) is 85.3 cm³/mol. The molecule has 1 unspecified atom stereocenters. The van der Waals surface area contributed by atoms with E-state index < -0.39 is 0 Å². The Balaban J connectivity index is 1.85. The van der Waals surface area contributed by atoms with Crippen molar-refractivity contribution < 1.29 is 0 Å². The first-order chi connectivity index (χ1) is 10.2. The summed E-state index contributed by atoms with van der Waals surface area (Å²) in [5.74, 6) is 1.55. The molecule has 0 saturated carbocycles. The molecule has 0 aliphatic heterocycles. The molecule has 2 N–H and O–H groups in total. The van der Waals surface area contributed by atoms with Gasteiger partial charge in [-0.3, -0.25) is 0 Å². The SMILES string of the molecule is Cc1ccc(Cc2nc(C)c3c(n2)CCC(CN)C3)cc1. The molecule has 0 fully saturated rings. The quantitative estimate of drug-likeness (QED) is 0.941. The minimum atomic E-state index is 0.600. The van der Waals surface area contributed by atoms with E-state index in [4.69, 9.17) is 15.7 Å². The highest BCUT2D eigenvalue weighted by Gasteiger charge is 2.21. The number of hydrogen-bond donors (Lipinski definition) is 1. The minimum Gasteiger partial charge on any atom is -0.330 e. The zero-order chi connectivity index (χ0) is 14.8. The van der Waals surface area contributed by atoms with Crippen molar-refractivity contribution in [3.63, 3.8) is 0 Å². The fourth-order valence-electron chi connectivity index (χ4n) is 3.09. The molecule has 0 saturated heterocycles. The maximum Gasteiger partial charge on any atom is 0.133 e. The van der Waals surface area contributed by atoms with E-state index in [1.54, 1.807) is 0 Å². The Morgan fingerprint density at radius 1 is 1.14 bits per heavy atom. The average Bonchev–Trinajstić information content (AvgIpc) is 2.49. The lowest BCUT2D eigenvalue weighted by atomic mass is 9.86. The highest BCUT2D eigenvalue weighted by molar-refractivity contribution is 5.30. The molecule has 2 aromatic rings. The zero-order valence-electron chi connectivity index (χ0n) is 12.9. The van der Waals surface area contributed by atoms with Crippen LogP contribution in [0.1, 0.15) is 40.3 Å². The maximum absolute atomic E-state index is 5.81. The predicted octanol–water partition coefficient (Wildman–Crippen LogP) is 2.75. The molecule has 110 valence electrons. The van der Waals surface area contributed by atoms with E-state index in [1.165, 1.54) is 22.4 Å². The third-order valence-corrected chi connectivity index (χ3v) is 4.44. The number of nitrogens with zero attached hydrogens (tertiary/aromatic N) is 2. The van der Waals surface area contributed by atoms with Gasteiger partial charge in [-0.15, -0.1) is 0 Å². The summed E-state index contributed by atoms with van der Waals surface area (Å²) >= 11 is 0. The molecule has 1 aliphatic rings. The summed E-state index contributed by atoms with van der Waals surface area (Å²) in [5.41, 5.74) is 12.1. The van der Waals surface area contributed by atoms with Crippen LogP contribution in [0.2, 0.25) is 0 Å².